The van der Waals surface area contributed by atoms with E-state index < -0.39 is 0 Å². The molecule has 112 valence electrons. The minimum absolute atomic E-state index is 0.107. The number of nitrogens with one attached hydrogen (secondary N) is 1. The Labute approximate surface area is 127 Å². The Balaban J connectivity index is 2.26. The molecule has 7 heteroatoms. The van der Waals surface area contributed by atoms with Crippen LogP contribution in [0.1, 0.15) is 29.5 Å². The number of aliphatic hydroxyl groups excluding tert-OH is 1. The molecule has 0 fully saturated rings. The summed E-state index contributed by atoms with van der Waals surface area (Å²) in [5.74, 6) is -0.346. The van der Waals surface area contributed by atoms with Gasteiger partial charge in [0.05, 0.1) is 24.0 Å². The van der Waals surface area contributed by atoms with Gasteiger partial charge in [-0.1, -0.05) is 29.8 Å². The molecule has 2 aromatic rings. The number of carbonyl (C=O) groups is 1. The smallest absolute Gasteiger partial charge is 0.274 e. The van der Waals surface area contributed by atoms with Crippen molar-refractivity contribution in [2.24, 2.45) is 0 Å². The van der Waals surface area contributed by atoms with Crippen LogP contribution in [0.25, 0.3) is 5.69 Å². The van der Waals surface area contributed by atoms with Gasteiger partial charge in [-0.05, 0) is 31.5 Å². The Bertz CT molecular complexity index is 638. The van der Waals surface area contributed by atoms with Crippen molar-refractivity contribution in [3.8, 4) is 5.69 Å². The average Bonchev–Trinajstić information content (AvgIpc) is 2.86. The predicted octanol–water partition coefficient (Wildman–Crippen LogP) is 1.73. The number of carbonyl (C=O) groups excluding carboxylic acids is 1. The Morgan fingerprint density at radius 2 is 2.29 bits per heavy atom. The molecule has 1 heterocycles. The number of amides is 1. The second kappa shape index (κ2) is 6.69. The molecule has 0 spiro atoms. The first-order valence-electron chi connectivity index (χ1n) is 6.66. The van der Waals surface area contributed by atoms with Gasteiger partial charge in [-0.2, -0.15) is 0 Å². The molecule has 1 atom stereocenters. The summed E-state index contributed by atoms with van der Waals surface area (Å²) >= 11 is 5.95. The Hall–Kier alpha value is -1.92. The van der Waals surface area contributed by atoms with Gasteiger partial charge in [0.25, 0.3) is 5.91 Å². The average molecular weight is 309 g/mol. The van der Waals surface area contributed by atoms with Gasteiger partial charge in [-0.15, -0.1) is 5.10 Å². The molecule has 1 unspecified atom stereocenters. The van der Waals surface area contributed by atoms with E-state index in [1.807, 2.05) is 13.0 Å². The molecule has 0 saturated heterocycles. The highest BCUT2D eigenvalue weighted by Gasteiger charge is 2.19. The van der Waals surface area contributed by atoms with E-state index in [-0.39, 0.29) is 24.2 Å². The standard InChI is InChI=1S/C14H17ClN4O2/c1-3-11(8-20)16-14(21)13-9(2)19(18-17-13)12-6-4-5-10(15)7-12/h4-7,11,20H,3,8H2,1-2H3,(H,16,21). The fraction of sp³-hybridized carbons (Fsp3) is 0.357. The molecule has 0 bridgehead atoms. The zero-order chi connectivity index (χ0) is 15.4. The van der Waals surface area contributed by atoms with Gasteiger partial charge in [-0.25, -0.2) is 4.68 Å². The van der Waals surface area contributed by atoms with Gasteiger partial charge in [0, 0.05) is 5.02 Å². The maximum absolute atomic E-state index is 12.1. The lowest BCUT2D eigenvalue weighted by molar-refractivity contribution is 0.0909. The molecule has 2 rings (SSSR count). The van der Waals surface area contributed by atoms with E-state index in [2.05, 4.69) is 15.6 Å². The Morgan fingerprint density at radius 3 is 2.90 bits per heavy atom. The zero-order valence-corrected chi connectivity index (χ0v) is 12.6. The first-order chi connectivity index (χ1) is 10.1. The van der Waals surface area contributed by atoms with Gasteiger partial charge < -0.3 is 10.4 Å². The lowest BCUT2D eigenvalue weighted by atomic mass is 10.2. The van der Waals surface area contributed by atoms with Crippen molar-refractivity contribution in [1.82, 2.24) is 20.3 Å². The molecule has 0 saturated carbocycles. The molecule has 0 aliphatic heterocycles. The fourth-order valence-electron chi connectivity index (χ4n) is 1.92. The molecule has 21 heavy (non-hydrogen) atoms. The Kier molecular flexibility index (Phi) is 4.93. The molecule has 0 radical (unpaired) electrons. The maximum atomic E-state index is 12.1. The maximum Gasteiger partial charge on any atom is 0.274 e. The summed E-state index contributed by atoms with van der Waals surface area (Å²) in [5, 5.41) is 20.3. The van der Waals surface area contributed by atoms with E-state index in [0.717, 1.165) is 5.69 Å². The van der Waals surface area contributed by atoms with Crippen molar-refractivity contribution < 1.29 is 9.90 Å². The van der Waals surface area contributed by atoms with E-state index >= 15 is 0 Å². The van der Waals surface area contributed by atoms with Gasteiger partial charge in [0.1, 0.15) is 0 Å². The summed E-state index contributed by atoms with van der Waals surface area (Å²) in [6, 6.07) is 6.86. The van der Waals surface area contributed by atoms with Crippen LogP contribution in [0.3, 0.4) is 0 Å². The van der Waals surface area contributed by atoms with E-state index in [0.29, 0.717) is 17.1 Å². The minimum atomic E-state index is -0.346. The molecule has 1 amide bonds. The van der Waals surface area contributed by atoms with Crippen LogP contribution in [-0.2, 0) is 0 Å². The first kappa shape index (κ1) is 15.5. The lowest BCUT2D eigenvalue weighted by Crippen LogP contribution is -2.37. The predicted molar refractivity (Wildman–Crippen MR) is 79.7 cm³/mol. The van der Waals surface area contributed by atoms with E-state index in [1.54, 1.807) is 29.8 Å². The quantitative estimate of drug-likeness (QED) is 0.881. The van der Waals surface area contributed by atoms with Crippen LogP contribution in [0.15, 0.2) is 24.3 Å². The third kappa shape index (κ3) is 3.40. The van der Waals surface area contributed by atoms with Crippen LogP contribution >= 0.6 is 11.6 Å². The zero-order valence-electron chi connectivity index (χ0n) is 11.9. The SMILES string of the molecule is CCC(CO)NC(=O)c1nnn(-c2cccc(Cl)c2)c1C. The second-order valence-corrected chi connectivity index (χ2v) is 5.11. The van der Waals surface area contributed by atoms with E-state index in [4.69, 9.17) is 16.7 Å². The molecule has 0 aliphatic rings. The Morgan fingerprint density at radius 1 is 1.52 bits per heavy atom. The van der Waals surface area contributed by atoms with Crippen LogP contribution in [-0.4, -0.2) is 38.7 Å². The number of nitrogens with zero attached hydrogens (tertiary/aromatic N) is 3. The minimum Gasteiger partial charge on any atom is -0.394 e. The van der Waals surface area contributed by atoms with Gasteiger partial charge in [0.15, 0.2) is 5.69 Å². The van der Waals surface area contributed by atoms with E-state index in [1.165, 1.54) is 0 Å². The number of halogens is 1. The number of aliphatic hydroxyl groups is 1. The third-order valence-electron chi connectivity index (χ3n) is 3.21. The van der Waals surface area contributed by atoms with E-state index in [9.17, 15) is 4.79 Å². The number of hydrogen-bond acceptors (Lipinski definition) is 4. The van der Waals surface area contributed by atoms with Crippen LogP contribution < -0.4 is 5.32 Å². The third-order valence-corrected chi connectivity index (χ3v) is 3.45. The summed E-state index contributed by atoms with van der Waals surface area (Å²) in [7, 11) is 0. The molecular weight excluding hydrogens is 292 g/mol. The monoisotopic (exact) mass is 308 g/mol. The highest BCUT2D eigenvalue weighted by atomic mass is 35.5. The second-order valence-electron chi connectivity index (χ2n) is 4.68. The van der Waals surface area contributed by atoms with Crippen molar-refractivity contribution in [1.29, 1.82) is 0 Å². The number of hydrogen-bond donors (Lipinski definition) is 2. The topological polar surface area (TPSA) is 80.0 Å². The van der Waals surface area contributed by atoms with Crippen molar-refractivity contribution in [2.75, 3.05) is 6.61 Å². The van der Waals surface area contributed by atoms with Gasteiger partial charge >= 0.3 is 0 Å². The fourth-order valence-corrected chi connectivity index (χ4v) is 2.11. The number of benzene rings is 1. The number of aromatic nitrogens is 3. The van der Waals surface area contributed by atoms with Crippen molar-refractivity contribution in [2.45, 2.75) is 26.3 Å². The van der Waals surface area contributed by atoms with Gasteiger partial charge in [-0.3, -0.25) is 4.79 Å². The van der Waals surface area contributed by atoms with Gasteiger partial charge in [0.2, 0.25) is 0 Å². The summed E-state index contributed by atoms with van der Waals surface area (Å²) in [5.41, 5.74) is 1.59. The van der Waals surface area contributed by atoms with Crippen LogP contribution in [0.4, 0.5) is 0 Å². The molecule has 6 nitrogen and oxygen atoms in total. The highest BCUT2D eigenvalue weighted by molar-refractivity contribution is 6.30. The summed E-state index contributed by atoms with van der Waals surface area (Å²) in [6.45, 7) is 3.54. The summed E-state index contributed by atoms with van der Waals surface area (Å²) in [6.07, 6.45) is 0.643. The number of rotatable bonds is 5. The van der Waals surface area contributed by atoms with Crippen LogP contribution in [0.2, 0.25) is 5.02 Å². The van der Waals surface area contributed by atoms with Crippen molar-refractivity contribution >= 4 is 17.5 Å². The van der Waals surface area contributed by atoms with Crippen LogP contribution in [0, 0.1) is 6.92 Å². The molecular formula is C14H17ClN4O2. The lowest BCUT2D eigenvalue weighted by Gasteiger charge is -2.12. The van der Waals surface area contributed by atoms with Crippen molar-refractivity contribution in [3.05, 3.63) is 40.7 Å². The molecule has 2 N–H and O–H groups in total. The molecule has 0 aliphatic carbocycles. The molecule has 1 aromatic carbocycles. The van der Waals surface area contributed by atoms with Crippen molar-refractivity contribution in [3.63, 3.8) is 0 Å². The first-order valence-corrected chi connectivity index (χ1v) is 7.04. The normalized spacial score (nSPS) is 12.2. The largest absolute Gasteiger partial charge is 0.394 e. The highest BCUT2D eigenvalue weighted by Crippen LogP contribution is 2.16. The van der Waals surface area contributed by atoms with Crippen LogP contribution in [0.5, 0.6) is 0 Å². The summed E-state index contributed by atoms with van der Waals surface area (Å²) < 4.78 is 1.56. The molecule has 1 aromatic heterocycles. The summed E-state index contributed by atoms with van der Waals surface area (Å²) in [4.78, 5) is 12.1.